The van der Waals surface area contributed by atoms with Gasteiger partial charge in [0.1, 0.15) is 0 Å². The Labute approximate surface area is 148 Å². The third-order valence-electron chi connectivity index (χ3n) is 3.93. The van der Waals surface area contributed by atoms with Crippen LogP contribution in [-0.4, -0.2) is 20.4 Å². The third kappa shape index (κ3) is 2.88. The molecule has 1 N–H and O–H groups in total. The number of hydrogen-bond donors (Lipinski definition) is 1. The summed E-state index contributed by atoms with van der Waals surface area (Å²) in [6.07, 6.45) is 2.99. The first-order chi connectivity index (χ1) is 12.1. The first kappa shape index (κ1) is 15.4. The van der Waals surface area contributed by atoms with E-state index in [1.807, 2.05) is 29.8 Å². The van der Waals surface area contributed by atoms with E-state index in [1.54, 1.807) is 30.5 Å². The number of aryl methyl sites for hydroxylation is 1. The molecule has 0 saturated carbocycles. The molecular weight excluding hydrogens is 340 g/mol. The number of oxazole rings is 1. The second-order valence-electron chi connectivity index (χ2n) is 5.52. The van der Waals surface area contributed by atoms with Gasteiger partial charge in [-0.1, -0.05) is 23.7 Å². The van der Waals surface area contributed by atoms with Crippen LogP contribution >= 0.6 is 11.6 Å². The summed E-state index contributed by atoms with van der Waals surface area (Å²) in [6, 6.07) is 12.5. The lowest BCUT2D eigenvalue weighted by atomic mass is 10.1. The summed E-state index contributed by atoms with van der Waals surface area (Å²) in [5.41, 5.74) is 2.99. The molecule has 0 aliphatic carbocycles. The molecule has 0 aliphatic rings. The second-order valence-corrected chi connectivity index (χ2v) is 5.96. The first-order valence-electron chi connectivity index (χ1n) is 7.54. The number of carbonyl (C=O) groups is 1. The number of rotatable bonds is 3. The molecule has 2 heterocycles. The fourth-order valence-electron chi connectivity index (χ4n) is 2.60. The summed E-state index contributed by atoms with van der Waals surface area (Å²) in [6.45, 7) is 0. The maximum atomic E-state index is 12.5. The van der Waals surface area contributed by atoms with Crippen molar-refractivity contribution in [3.8, 4) is 11.3 Å². The van der Waals surface area contributed by atoms with Crippen molar-refractivity contribution < 1.29 is 9.21 Å². The topological polar surface area (TPSA) is 73.0 Å². The Morgan fingerprint density at radius 1 is 1.20 bits per heavy atom. The van der Waals surface area contributed by atoms with Crippen molar-refractivity contribution >= 4 is 34.5 Å². The third-order valence-corrected chi connectivity index (χ3v) is 4.17. The fraction of sp³-hybridized carbons (Fsp3) is 0.0556. The fourth-order valence-corrected chi connectivity index (χ4v) is 2.77. The van der Waals surface area contributed by atoms with E-state index in [-0.39, 0.29) is 5.91 Å². The average Bonchev–Trinajstić information content (AvgIpc) is 3.24. The van der Waals surface area contributed by atoms with Gasteiger partial charge in [0.2, 0.25) is 5.95 Å². The predicted octanol–water partition coefficient (Wildman–Crippen LogP) is 4.13. The number of imidazole rings is 1. The van der Waals surface area contributed by atoms with Gasteiger partial charge in [-0.25, -0.2) is 9.97 Å². The highest BCUT2D eigenvalue weighted by Gasteiger charge is 2.13. The Balaban J connectivity index is 1.58. The monoisotopic (exact) mass is 352 g/mol. The van der Waals surface area contributed by atoms with E-state index in [0.29, 0.717) is 22.3 Å². The van der Waals surface area contributed by atoms with Crippen LogP contribution in [0, 0.1) is 0 Å². The molecule has 2 aromatic carbocycles. The van der Waals surface area contributed by atoms with E-state index in [0.717, 1.165) is 16.6 Å². The number of amides is 1. The van der Waals surface area contributed by atoms with Gasteiger partial charge in [0.05, 0.1) is 17.2 Å². The van der Waals surface area contributed by atoms with Crippen molar-refractivity contribution in [2.45, 2.75) is 0 Å². The summed E-state index contributed by atoms with van der Waals surface area (Å²) in [7, 11) is 1.84. The van der Waals surface area contributed by atoms with E-state index in [4.69, 9.17) is 16.0 Å². The van der Waals surface area contributed by atoms with E-state index in [1.165, 1.54) is 6.39 Å². The molecule has 2 aromatic heterocycles. The van der Waals surface area contributed by atoms with Gasteiger partial charge in [0.15, 0.2) is 12.2 Å². The molecule has 0 atom stereocenters. The van der Waals surface area contributed by atoms with Crippen LogP contribution in [0.3, 0.4) is 0 Å². The number of anilines is 1. The molecule has 0 saturated heterocycles. The van der Waals surface area contributed by atoms with Crippen molar-refractivity contribution in [3.05, 3.63) is 65.6 Å². The van der Waals surface area contributed by atoms with Crippen molar-refractivity contribution in [2.75, 3.05) is 5.32 Å². The van der Waals surface area contributed by atoms with Crippen LogP contribution in [0.1, 0.15) is 10.4 Å². The molecule has 0 radical (unpaired) electrons. The lowest BCUT2D eigenvalue weighted by Gasteiger charge is -2.05. The normalized spacial score (nSPS) is 11.0. The van der Waals surface area contributed by atoms with Gasteiger partial charge >= 0.3 is 0 Å². The number of nitrogens with zero attached hydrogens (tertiary/aromatic N) is 3. The maximum absolute atomic E-state index is 12.5. The molecule has 6 nitrogen and oxygen atoms in total. The minimum Gasteiger partial charge on any atom is -0.444 e. The van der Waals surface area contributed by atoms with Gasteiger partial charge < -0.3 is 8.98 Å². The molecule has 4 aromatic rings. The van der Waals surface area contributed by atoms with Crippen LogP contribution in [0.4, 0.5) is 5.95 Å². The molecule has 25 heavy (non-hydrogen) atoms. The molecule has 0 unspecified atom stereocenters. The number of nitrogens with one attached hydrogen (secondary N) is 1. The van der Waals surface area contributed by atoms with Crippen LogP contribution in [0.2, 0.25) is 5.02 Å². The van der Waals surface area contributed by atoms with Gasteiger partial charge in [-0.2, -0.15) is 0 Å². The molecule has 7 heteroatoms. The SMILES string of the molecule is Cn1c(NC(=O)c2ccc(-c3cnco3)cc2)nc2cc(Cl)ccc21. The number of aromatic nitrogens is 3. The van der Waals surface area contributed by atoms with Gasteiger partial charge in [-0.05, 0) is 30.3 Å². The zero-order chi connectivity index (χ0) is 17.4. The van der Waals surface area contributed by atoms with E-state index < -0.39 is 0 Å². The minimum absolute atomic E-state index is 0.242. The summed E-state index contributed by atoms with van der Waals surface area (Å²) >= 11 is 5.99. The molecule has 0 fully saturated rings. The van der Waals surface area contributed by atoms with Crippen LogP contribution in [0.25, 0.3) is 22.4 Å². The number of benzene rings is 2. The van der Waals surface area contributed by atoms with Gasteiger partial charge in [0, 0.05) is 23.2 Å². The molecule has 124 valence electrons. The maximum Gasteiger partial charge on any atom is 0.257 e. The summed E-state index contributed by atoms with van der Waals surface area (Å²) in [5, 5.41) is 3.43. The molecule has 0 aliphatic heterocycles. The van der Waals surface area contributed by atoms with E-state index in [2.05, 4.69) is 15.3 Å². The molecular formula is C18H13ClN4O2. The Morgan fingerprint density at radius 3 is 2.72 bits per heavy atom. The Kier molecular flexibility index (Phi) is 3.74. The number of halogens is 1. The van der Waals surface area contributed by atoms with Crippen molar-refractivity contribution in [3.63, 3.8) is 0 Å². The largest absolute Gasteiger partial charge is 0.444 e. The zero-order valence-electron chi connectivity index (χ0n) is 13.2. The molecule has 4 rings (SSSR count). The standard InChI is InChI=1S/C18H13ClN4O2/c1-23-15-7-6-13(19)8-14(15)21-18(23)22-17(24)12-4-2-11(3-5-12)16-9-20-10-25-16/h2-10H,1H3,(H,21,22,24). The number of carbonyl (C=O) groups excluding carboxylic acids is 1. The Hall–Kier alpha value is -3.12. The van der Waals surface area contributed by atoms with Gasteiger partial charge in [0.25, 0.3) is 5.91 Å². The Morgan fingerprint density at radius 2 is 2.00 bits per heavy atom. The highest BCUT2D eigenvalue weighted by Crippen LogP contribution is 2.23. The number of fused-ring (bicyclic) bond motifs is 1. The van der Waals surface area contributed by atoms with Gasteiger partial charge in [-0.15, -0.1) is 0 Å². The second kappa shape index (κ2) is 6.07. The summed E-state index contributed by atoms with van der Waals surface area (Å²) in [5.74, 6) is 0.870. The lowest BCUT2D eigenvalue weighted by Crippen LogP contribution is -2.14. The van der Waals surface area contributed by atoms with E-state index >= 15 is 0 Å². The predicted molar refractivity (Wildman–Crippen MR) is 95.6 cm³/mol. The highest BCUT2D eigenvalue weighted by atomic mass is 35.5. The zero-order valence-corrected chi connectivity index (χ0v) is 14.0. The van der Waals surface area contributed by atoms with Crippen molar-refractivity contribution in [2.24, 2.45) is 7.05 Å². The lowest BCUT2D eigenvalue weighted by molar-refractivity contribution is 0.102. The summed E-state index contributed by atoms with van der Waals surface area (Å²) in [4.78, 5) is 20.8. The van der Waals surface area contributed by atoms with E-state index in [9.17, 15) is 4.79 Å². The van der Waals surface area contributed by atoms with Gasteiger partial charge in [-0.3, -0.25) is 10.1 Å². The van der Waals surface area contributed by atoms with Crippen LogP contribution in [0.15, 0.2) is 59.5 Å². The Bertz CT molecular complexity index is 1050. The molecule has 0 spiro atoms. The van der Waals surface area contributed by atoms with Crippen molar-refractivity contribution in [1.29, 1.82) is 0 Å². The van der Waals surface area contributed by atoms with Crippen LogP contribution in [-0.2, 0) is 7.05 Å². The number of hydrogen-bond acceptors (Lipinski definition) is 4. The molecule has 1 amide bonds. The smallest absolute Gasteiger partial charge is 0.257 e. The quantitative estimate of drug-likeness (QED) is 0.601. The van der Waals surface area contributed by atoms with Crippen molar-refractivity contribution in [1.82, 2.24) is 14.5 Å². The average molecular weight is 353 g/mol. The van der Waals surface area contributed by atoms with Crippen LogP contribution in [0.5, 0.6) is 0 Å². The summed E-state index contributed by atoms with van der Waals surface area (Å²) < 4.78 is 7.05. The molecule has 0 bridgehead atoms. The van der Waals surface area contributed by atoms with Crippen LogP contribution < -0.4 is 5.32 Å². The minimum atomic E-state index is -0.242. The highest BCUT2D eigenvalue weighted by molar-refractivity contribution is 6.31. The first-order valence-corrected chi connectivity index (χ1v) is 7.92.